The number of rotatable bonds is 9. The van der Waals surface area contributed by atoms with Crippen molar-refractivity contribution in [3.8, 4) is 0 Å². The number of nitrogens with zero attached hydrogens (tertiary/aromatic N) is 3. The number of piperazine rings is 3. The Hall–Kier alpha value is -0.120. The first kappa shape index (κ1) is 22.9. The van der Waals surface area contributed by atoms with Crippen LogP contribution in [0.25, 0.3) is 0 Å². The fraction of sp³-hybridized carbons (Fsp3) is 0.944. The van der Waals surface area contributed by atoms with Gasteiger partial charge >= 0.3 is 0 Å². The Morgan fingerprint density at radius 1 is 1.16 bits per heavy atom. The Labute approximate surface area is 171 Å². The van der Waals surface area contributed by atoms with Gasteiger partial charge in [-0.2, -0.15) is 0 Å². The predicted octanol–water partition coefficient (Wildman–Crippen LogP) is 1.61. The smallest absolute Gasteiger partial charge is 0.191 e. The minimum atomic E-state index is 0. The summed E-state index contributed by atoms with van der Waals surface area (Å²) in [5, 5.41) is 6.84. The molecular weight excluding hydrogens is 429 g/mol. The van der Waals surface area contributed by atoms with Gasteiger partial charge in [-0.05, 0) is 26.2 Å². The Morgan fingerprint density at radius 3 is 2.40 bits per heavy atom. The largest absolute Gasteiger partial charge is 0.378 e. The number of aliphatic imine (C=N–C) groups is 1. The molecule has 6 nitrogen and oxygen atoms in total. The minimum Gasteiger partial charge on any atom is -0.378 e. The molecule has 7 heteroatoms. The van der Waals surface area contributed by atoms with E-state index in [0.29, 0.717) is 18.1 Å². The molecule has 0 amide bonds. The third kappa shape index (κ3) is 7.56. The summed E-state index contributed by atoms with van der Waals surface area (Å²) < 4.78 is 5.82. The van der Waals surface area contributed by atoms with Crippen LogP contribution >= 0.6 is 24.0 Å². The van der Waals surface area contributed by atoms with E-state index in [0.717, 1.165) is 38.6 Å². The maximum absolute atomic E-state index is 5.82. The Kier molecular flexibility index (Phi) is 11.3. The molecule has 0 aromatic rings. The molecule has 0 aliphatic carbocycles. The topological polar surface area (TPSA) is 52.1 Å². The van der Waals surface area contributed by atoms with Crippen LogP contribution in [-0.4, -0.2) is 86.9 Å². The molecule has 25 heavy (non-hydrogen) atoms. The highest BCUT2D eigenvalue weighted by molar-refractivity contribution is 14.0. The highest BCUT2D eigenvalue weighted by Crippen LogP contribution is 2.15. The molecule has 0 radical (unpaired) electrons. The first-order valence-corrected chi connectivity index (χ1v) is 9.74. The van der Waals surface area contributed by atoms with Gasteiger partial charge in [-0.1, -0.05) is 13.8 Å². The highest BCUT2D eigenvalue weighted by Gasteiger charge is 2.31. The van der Waals surface area contributed by atoms with Crippen LogP contribution < -0.4 is 10.6 Å². The van der Waals surface area contributed by atoms with Crippen LogP contribution in [0.1, 0.15) is 34.1 Å². The van der Waals surface area contributed by atoms with Crippen LogP contribution in [0.5, 0.6) is 0 Å². The third-order valence-electron chi connectivity index (χ3n) is 5.04. The van der Waals surface area contributed by atoms with Crippen LogP contribution in [0.3, 0.4) is 0 Å². The summed E-state index contributed by atoms with van der Waals surface area (Å²) in [6, 6.07) is 0.579. The summed E-state index contributed by atoms with van der Waals surface area (Å²) in [4.78, 5) is 9.99. The molecule has 2 bridgehead atoms. The molecule has 0 spiro atoms. The lowest BCUT2D eigenvalue weighted by atomic mass is 10.0. The second-order valence-corrected chi connectivity index (χ2v) is 7.16. The molecule has 3 rings (SSSR count). The van der Waals surface area contributed by atoms with Crippen LogP contribution in [0.4, 0.5) is 0 Å². The Balaban J connectivity index is 0.00000312. The van der Waals surface area contributed by atoms with Gasteiger partial charge in [0.2, 0.25) is 0 Å². The monoisotopic (exact) mass is 467 g/mol. The number of halogens is 1. The van der Waals surface area contributed by atoms with Crippen molar-refractivity contribution in [1.29, 1.82) is 0 Å². The third-order valence-corrected chi connectivity index (χ3v) is 5.04. The van der Waals surface area contributed by atoms with Gasteiger partial charge < -0.3 is 15.4 Å². The van der Waals surface area contributed by atoms with Gasteiger partial charge in [0, 0.05) is 58.5 Å². The lowest BCUT2D eigenvalue weighted by Gasteiger charge is -2.47. The highest BCUT2D eigenvalue weighted by atomic mass is 127. The molecule has 3 saturated heterocycles. The maximum atomic E-state index is 5.82. The number of guanidine groups is 1. The second kappa shape index (κ2) is 12.3. The SMILES string of the molecule is CCNC(=NCC1CN2CCN1CC2)NCCC(OCC)C(C)C.I. The van der Waals surface area contributed by atoms with Gasteiger partial charge in [-0.25, -0.2) is 0 Å². The lowest BCUT2D eigenvalue weighted by molar-refractivity contribution is 0.0174. The van der Waals surface area contributed by atoms with Gasteiger partial charge in [0.25, 0.3) is 0 Å². The van der Waals surface area contributed by atoms with Gasteiger partial charge in [-0.15, -0.1) is 24.0 Å². The summed E-state index contributed by atoms with van der Waals surface area (Å²) >= 11 is 0. The van der Waals surface area contributed by atoms with Crippen LogP contribution in [-0.2, 0) is 4.74 Å². The number of ether oxygens (including phenoxy) is 1. The molecule has 0 aromatic carbocycles. The van der Waals surface area contributed by atoms with Gasteiger partial charge in [-0.3, -0.25) is 14.8 Å². The van der Waals surface area contributed by atoms with Gasteiger partial charge in [0.15, 0.2) is 5.96 Å². The molecule has 3 aliphatic heterocycles. The van der Waals surface area contributed by atoms with E-state index < -0.39 is 0 Å². The maximum Gasteiger partial charge on any atom is 0.191 e. The summed E-state index contributed by atoms with van der Waals surface area (Å²) in [5.74, 6) is 1.49. The first-order chi connectivity index (χ1) is 11.6. The van der Waals surface area contributed by atoms with Crippen LogP contribution in [0, 0.1) is 5.92 Å². The number of hydrogen-bond acceptors (Lipinski definition) is 4. The lowest BCUT2D eigenvalue weighted by Crippen LogP contribution is -2.62. The van der Waals surface area contributed by atoms with Crippen molar-refractivity contribution in [3.63, 3.8) is 0 Å². The van der Waals surface area contributed by atoms with Crippen molar-refractivity contribution in [3.05, 3.63) is 0 Å². The predicted molar refractivity (Wildman–Crippen MR) is 116 cm³/mol. The summed E-state index contributed by atoms with van der Waals surface area (Å²) in [5.41, 5.74) is 0. The van der Waals surface area contributed by atoms with Crippen LogP contribution in [0.2, 0.25) is 0 Å². The zero-order valence-corrected chi connectivity index (χ0v) is 18.8. The first-order valence-electron chi connectivity index (χ1n) is 9.74. The van der Waals surface area contributed by atoms with E-state index in [1.807, 2.05) is 0 Å². The average Bonchev–Trinajstić information content (AvgIpc) is 2.59. The molecule has 3 heterocycles. The summed E-state index contributed by atoms with van der Waals surface area (Å²) in [6.07, 6.45) is 1.33. The van der Waals surface area contributed by atoms with E-state index in [1.54, 1.807) is 0 Å². The summed E-state index contributed by atoms with van der Waals surface area (Å²) in [6.45, 7) is 18.1. The number of hydrogen-bond donors (Lipinski definition) is 2. The molecule has 2 atom stereocenters. The average molecular weight is 467 g/mol. The second-order valence-electron chi connectivity index (χ2n) is 7.16. The van der Waals surface area contributed by atoms with E-state index in [2.05, 4.69) is 48.1 Å². The van der Waals surface area contributed by atoms with Crippen molar-refractivity contribution in [2.24, 2.45) is 10.9 Å². The van der Waals surface area contributed by atoms with Crippen molar-refractivity contribution in [1.82, 2.24) is 20.4 Å². The molecule has 3 aliphatic rings. The molecule has 0 aromatic heterocycles. The van der Waals surface area contributed by atoms with Crippen molar-refractivity contribution < 1.29 is 4.74 Å². The Bertz CT molecular complexity index is 386. The van der Waals surface area contributed by atoms with Crippen molar-refractivity contribution in [2.75, 3.05) is 59.0 Å². The Morgan fingerprint density at radius 2 is 1.88 bits per heavy atom. The normalized spacial score (nSPS) is 27.1. The van der Waals surface area contributed by atoms with Gasteiger partial charge in [0.1, 0.15) is 0 Å². The standard InChI is InChI=1S/C18H37N5O.HI/c1-5-19-18(20-8-7-17(15(3)4)24-6-2)21-13-16-14-22-9-11-23(16)12-10-22;/h15-17H,5-14H2,1-4H3,(H2,19,20,21);1H. The molecular formula is C18H38IN5O. The molecule has 2 N–H and O–H groups in total. The summed E-state index contributed by atoms with van der Waals surface area (Å²) in [7, 11) is 0. The molecule has 2 unspecified atom stereocenters. The minimum absolute atomic E-state index is 0. The molecule has 3 fully saturated rings. The van der Waals surface area contributed by atoms with Crippen molar-refractivity contribution >= 4 is 29.9 Å². The van der Waals surface area contributed by atoms with E-state index in [1.165, 1.54) is 32.7 Å². The van der Waals surface area contributed by atoms with Crippen LogP contribution in [0.15, 0.2) is 4.99 Å². The number of fused-ring (bicyclic) bond motifs is 3. The molecule has 0 saturated carbocycles. The van der Waals surface area contributed by atoms with Gasteiger partial charge in [0.05, 0.1) is 12.6 Å². The zero-order valence-electron chi connectivity index (χ0n) is 16.5. The fourth-order valence-electron chi connectivity index (χ4n) is 3.59. The quantitative estimate of drug-likeness (QED) is 0.307. The molecule has 148 valence electrons. The fourth-order valence-corrected chi connectivity index (χ4v) is 3.59. The number of nitrogens with one attached hydrogen (secondary N) is 2. The van der Waals surface area contributed by atoms with E-state index in [-0.39, 0.29) is 24.0 Å². The van der Waals surface area contributed by atoms with Crippen molar-refractivity contribution in [2.45, 2.75) is 46.3 Å². The zero-order chi connectivity index (χ0) is 17.4. The van der Waals surface area contributed by atoms with E-state index in [9.17, 15) is 0 Å². The van der Waals surface area contributed by atoms with E-state index >= 15 is 0 Å². The van der Waals surface area contributed by atoms with E-state index in [4.69, 9.17) is 9.73 Å².